The third-order valence-electron chi connectivity index (χ3n) is 11.0. The maximum atomic E-state index is 7.26. The molecule has 0 aliphatic heterocycles. The van der Waals surface area contributed by atoms with Crippen LogP contribution in [0.2, 0.25) is 78.6 Å². The highest BCUT2D eigenvalue weighted by molar-refractivity contribution is 6.70. The van der Waals surface area contributed by atoms with Gasteiger partial charge in [0.2, 0.25) is 0 Å². The molecule has 0 saturated heterocycles. The van der Waals surface area contributed by atoms with Crippen LogP contribution in [0.1, 0.15) is 65.7 Å². The van der Waals surface area contributed by atoms with E-state index in [9.17, 15) is 0 Å². The van der Waals surface area contributed by atoms with Gasteiger partial charge in [0.15, 0.2) is 25.0 Å². The molecular weight excluding hydrogens is 587 g/mol. The van der Waals surface area contributed by atoms with Crippen LogP contribution >= 0.6 is 0 Å². The zero-order valence-corrected chi connectivity index (χ0v) is 34.1. The van der Waals surface area contributed by atoms with Crippen LogP contribution in [0.4, 0.5) is 0 Å². The van der Waals surface area contributed by atoms with E-state index >= 15 is 0 Å². The first-order valence-electron chi connectivity index (χ1n) is 17.2. The van der Waals surface area contributed by atoms with Gasteiger partial charge in [-0.3, -0.25) is 0 Å². The van der Waals surface area contributed by atoms with E-state index in [1.54, 1.807) is 0 Å². The smallest absolute Gasteiger partial charge is 0.278 e. The van der Waals surface area contributed by atoms with E-state index in [-0.39, 0.29) is 16.9 Å². The third-order valence-corrected chi connectivity index (χ3v) is 14.8. The van der Waals surface area contributed by atoms with Gasteiger partial charge in [-0.25, -0.2) is 0 Å². The van der Waals surface area contributed by atoms with Gasteiger partial charge in [-0.1, -0.05) is 13.8 Å². The van der Waals surface area contributed by atoms with E-state index in [2.05, 4.69) is 99.3 Å². The Labute approximate surface area is 264 Å². The van der Waals surface area contributed by atoms with Crippen LogP contribution < -0.4 is 0 Å². The summed E-state index contributed by atoms with van der Waals surface area (Å²) in [5.41, 5.74) is 1.62. The number of rotatable bonds is 9. The molecule has 4 aliphatic rings. The number of hydrogen-bond acceptors (Lipinski definition) is 5. The van der Waals surface area contributed by atoms with Crippen LogP contribution in [0, 0.1) is 40.4 Å². The Kier molecular flexibility index (Phi) is 9.84. The van der Waals surface area contributed by atoms with Crippen molar-refractivity contribution in [3.63, 3.8) is 0 Å². The number of fused-ring (bicyclic) bond motifs is 5. The molecule has 0 bridgehead atoms. The lowest BCUT2D eigenvalue weighted by Gasteiger charge is -2.64. The Hall–Kier alpha value is 0.218. The molecule has 5 nitrogen and oxygen atoms in total. The van der Waals surface area contributed by atoms with Gasteiger partial charge < -0.3 is 17.8 Å². The van der Waals surface area contributed by atoms with Gasteiger partial charge in [0.1, 0.15) is 0 Å². The summed E-state index contributed by atoms with van der Waals surface area (Å²) in [6.45, 7) is 35.6. The van der Waals surface area contributed by atoms with Gasteiger partial charge >= 0.3 is 0 Å². The number of nitrogens with zero attached hydrogens (tertiary/aromatic N) is 1. The van der Waals surface area contributed by atoms with E-state index in [4.69, 9.17) is 23.0 Å². The number of hydrogen-bond donors (Lipinski definition) is 0. The second-order valence-corrected chi connectivity index (χ2v) is 36.8. The van der Waals surface area contributed by atoms with E-state index in [1.165, 1.54) is 37.8 Å². The highest BCUT2D eigenvalue weighted by Gasteiger charge is 2.66. The van der Waals surface area contributed by atoms with Crippen LogP contribution in [0.3, 0.4) is 0 Å². The van der Waals surface area contributed by atoms with Gasteiger partial charge in [-0.2, -0.15) is 0 Å². The third kappa shape index (κ3) is 7.60. The molecule has 244 valence electrons. The molecule has 0 radical (unpaired) electrons. The highest BCUT2D eigenvalue weighted by atomic mass is 28.4. The first-order valence-corrected chi connectivity index (χ1v) is 30.8. The maximum Gasteiger partial charge on any atom is 0.278 e. The molecular formula is C33H67NO4Si4. The number of oxime groups is 1. The molecule has 9 heteroatoms. The lowest BCUT2D eigenvalue weighted by molar-refractivity contribution is -0.144. The molecule has 0 aromatic carbocycles. The minimum atomic E-state index is -1.83. The largest absolute Gasteiger partial charge is 0.456 e. The first-order chi connectivity index (χ1) is 18.9. The van der Waals surface area contributed by atoms with Crippen LogP contribution in [0.25, 0.3) is 0 Å². The monoisotopic (exact) mass is 653 g/mol. The fraction of sp³-hybridized carbons (Fsp3) is 0.970. The van der Waals surface area contributed by atoms with Crippen molar-refractivity contribution in [1.29, 1.82) is 0 Å². The van der Waals surface area contributed by atoms with Crippen LogP contribution in [-0.4, -0.2) is 57.3 Å². The summed E-state index contributed by atoms with van der Waals surface area (Å²) in [4.78, 5) is 0. The average Bonchev–Trinajstić information content (AvgIpc) is 3.11. The molecule has 4 aliphatic carbocycles. The van der Waals surface area contributed by atoms with Crippen molar-refractivity contribution >= 4 is 39.0 Å². The lowest BCUT2D eigenvalue weighted by atomic mass is 9.43. The first kappa shape index (κ1) is 35.1. The Morgan fingerprint density at radius 1 is 0.738 bits per heavy atom. The second kappa shape index (κ2) is 11.8. The average molecular weight is 654 g/mol. The topological polar surface area (TPSA) is 49.3 Å². The SMILES string of the molecule is CC(O[Si](C)(C)C)C1CCC2C3CCC4CC(O[Si](C)(C)C)CC(O[Si](C)(C)C)C4(C)C3C(=NO[Si](C)(C)C)CC12C. The molecule has 0 spiro atoms. The van der Waals surface area contributed by atoms with Crippen molar-refractivity contribution in [3.05, 3.63) is 0 Å². The fourth-order valence-corrected chi connectivity index (χ4v) is 14.1. The van der Waals surface area contributed by atoms with Gasteiger partial charge in [-0.15, -0.1) is 5.16 Å². The summed E-state index contributed by atoms with van der Waals surface area (Å²) in [5.74, 6) is 2.95. The lowest BCUT2D eigenvalue weighted by Crippen LogP contribution is -2.64. The molecule has 10 unspecified atom stereocenters. The quantitative estimate of drug-likeness (QED) is 0.184. The van der Waals surface area contributed by atoms with Gasteiger partial charge in [0.25, 0.3) is 8.32 Å². The molecule has 10 atom stereocenters. The highest BCUT2D eigenvalue weighted by Crippen LogP contribution is 2.68. The van der Waals surface area contributed by atoms with Crippen molar-refractivity contribution in [1.82, 2.24) is 0 Å². The summed E-state index contributed by atoms with van der Waals surface area (Å²) in [5, 5.41) is 5.24. The minimum absolute atomic E-state index is 0.0595. The van der Waals surface area contributed by atoms with E-state index in [0.29, 0.717) is 41.8 Å². The molecule has 4 rings (SSSR count). The summed E-state index contributed by atoms with van der Waals surface area (Å²) in [6.07, 6.45) is 9.25. The predicted octanol–water partition coefficient (Wildman–Crippen LogP) is 9.75. The summed E-state index contributed by atoms with van der Waals surface area (Å²) in [6, 6.07) is 0. The minimum Gasteiger partial charge on any atom is -0.456 e. The van der Waals surface area contributed by atoms with Crippen LogP contribution in [-0.2, 0) is 17.8 Å². The van der Waals surface area contributed by atoms with Crippen molar-refractivity contribution < 1.29 is 17.8 Å². The van der Waals surface area contributed by atoms with Crippen molar-refractivity contribution in [2.24, 2.45) is 45.6 Å². The van der Waals surface area contributed by atoms with Crippen LogP contribution in [0.15, 0.2) is 5.16 Å². The predicted molar refractivity (Wildman–Crippen MR) is 188 cm³/mol. The summed E-state index contributed by atoms with van der Waals surface area (Å²) >= 11 is 0. The molecule has 0 aromatic rings. The summed E-state index contributed by atoms with van der Waals surface area (Å²) < 4.78 is 27.4. The molecule has 4 fully saturated rings. The van der Waals surface area contributed by atoms with E-state index in [0.717, 1.165) is 12.8 Å². The summed E-state index contributed by atoms with van der Waals surface area (Å²) in [7, 11) is -6.91. The fourth-order valence-electron chi connectivity index (χ4n) is 10.0. The van der Waals surface area contributed by atoms with Crippen LogP contribution in [0.5, 0.6) is 0 Å². The molecule has 0 heterocycles. The molecule has 0 amide bonds. The van der Waals surface area contributed by atoms with Crippen molar-refractivity contribution in [3.8, 4) is 0 Å². The molecule has 42 heavy (non-hydrogen) atoms. The zero-order valence-electron chi connectivity index (χ0n) is 30.1. The Morgan fingerprint density at radius 2 is 1.36 bits per heavy atom. The Morgan fingerprint density at radius 3 is 1.90 bits per heavy atom. The van der Waals surface area contributed by atoms with Gasteiger partial charge in [0, 0.05) is 23.5 Å². The van der Waals surface area contributed by atoms with Crippen molar-refractivity contribution in [2.75, 3.05) is 0 Å². The van der Waals surface area contributed by atoms with Gasteiger partial charge in [0.05, 0.1) is 11.8 Å². The van der Waals surface area contributed by atoms with Crippen molar-refractivity contribution in [2.45, 2.75) is 163 Å². The molecule has 0 aromatic heterocycles. The molecule has 0 N–H and O–H groups in total. The standard InChI is InChI=1S/C33H67NO4Si4/c1-23(35-39(4,5)6)27-18-19-28-26-17-16-24-20-25(36-40(7,8)9)21-30(37-41(10,11)12)33(24,3)31(26)29(22-32(27,28)2)34-38-42(13,14)15/h23-28,30-31H,16-22H2,1-15H3. The van der Waals surface area contributed by atoms with E-state index < -0.39 is 33.3 Å². The maximum absolute atomic E-state index is 7.26. The van der Waals surface area contributed by atoms with Gasteiger partial charge in [-0.05, 0) is 160 Å². The Balaban J connectivity index is 1.78. The second-order valence-electron chi connectivity index (χ2n) is 19.0. The van der Waals surface area contributed by atoms with E-state index in [1.807, 2.05) is 0 Å². The molecule has 4 saturated carbocycles. The Bertz CT molecular complexity index is 996. The zero-order chi connectivity index (χ0) is 31.7. The normalized spacial score (nSPS) is 41.2.